The lowest BCUT2D eigenvalue weighted by molar-refractivity contribution is 0.0963. The molecular formula is C25H24N2O4. The number of anilines is 1. The van der Waals surface area contributed by atoms with E-state index in [-0.39, 0.29) is 17.3 Å². The van der Waals surface area contributed by atoms with Gasteiger partial charge in [-0.1, -0.05) is 24.3 Å². The number of amides is 1. The van der Waals surface area contributed by atoms with Crippen LogP contribution in [0.25, 0.3) is 0 Å². The van der Waals surface area contributed by atoms with E-state index in [9.17, 15) is 14.4 Å². The summed E-state index contributed by atoms with van der Waals surface area (Å²) in [4.78, 5) is 41.1. The van der Waals surface area contributed by atoms with Crippen molar-refractivity contribution in [2.24, 2.45) is 0 Å². The van der Waals surface area contributed by atoms with E-state index in [2.05, 4.69) is 10.3 Å². The van der Waals surface area contributed by atoms with Gasteiger partial charge in [0.2, 0.25) is 0 Å². The second-order valence-electron chi connectivity index (χ2n) is 7.98. The Morgan fingerprint density at radius 3 is 2.48 bits per heavy atom. The zero-order valence-corrected chi connectivity index (χ0v) is 17.7. The Morgan fingerprint density at radius 1 is 1.03 bits per heavy atom. The molecule has 0 spiro atoms. The van der Waals surface area contributed by atoms with E-state index in [0.717, 1.165) is 22.4 Å². The lowest BCUT2D eigenvalue weighted by Crippen LogP contribution is -2.29. The molecule has 6 heteroatoms. The molecule has 31 heavy (non-hydrogen) atoms. The van der Waals surface area contributed by atoms with Crippen LogP contribution in [0.2, 0.25) is 0 Å². The van der Waals surface area contributed by atoms with Crippen molar-refractivity contribution in [3.63, 3.8) is 0 Å². The Morgan fingerprint density at radius 2 is 1.77 bits per heavy atom. The summed E-state index contributed by atoms with van der Waals surface area (Å²) in [6.45, 7) is 3.81. The third-order valence-electron chi connectivity index (χ3n) is 5.78. The van der Waals surface area contributed by atoms with Gasteiger partial charge in [-0.3, -0.25) is 14.4 Å². The largest absolute Gasteiger partial charge is 0.497 e. The van der Waals surface area contributed by atoms with E-state index < -0.39 is 11.5 Å². The van der Waals surface area contributed by atoms with Crippen LogP contribution in [0.4, 0.5) is 5.69 Å². The van der Waals surface area contributed by atoms with Crippen LogP contribution in [0.3, 0.4) is 0 Å². The van der Waals surface area contributed by atoms with Gasteiger partial charge >= 0.3 is 0 Å². The molecule has 3 aromatic rings. The summed E-state index contributed by atoms with van der Waals surface area (Å²) in [6, 6.07) is 14.7. The number of carbonyl (C=O) groups is 2. The van der Waals surface area contributed by atoms with Gasteiger partial charge < -0.3 is 15.0 Å². The fraction of sp³-hybridized carbons (Fsp3) is 0.240. The molecule has 1 aliphatic carbocycles. The average Bonchev–Trinajstić information content (AvgIpc) is 2.75. The molecule has 0 saturated heterocycles. The van der Waals surface area contributed by atoms with E-state index in [1.165, 1.54) is 6.07 Å². The van der Waals surface area contributed by atoms with Crippen LogP contribution in [0.15, 0.2) is 53.3 Å². The fourth-order valence-electron chi connectivity index (χ4n) is 3.97. The number of aryl methyl sites for hydroxylation is 2. The number of aromatic nitrogens is 1. The van der Waals surface area contributed by atoms with Crippen LogP contribution < -0.4 is 15.6 Å². The van der Waals surface area contributed by atoms with E-state index in [0.29, 0.717) is 29.8 Å². The number of Topliss-reactive ketones (excluding diaryl/α,β-unsaturated/α-hetero) is 1. The monoisotopic (exact) mass is 416 g/mol. The minimum atomic E-state index is -0.525. The fourth-order valence-corrected chi connectivity index (χ4v) is 3.97. The molecule has 4 rings (SSSR count). The third kappa shape index (κ3) is 4.14. The smallest absolute Gasteiger partial charge is 0.261 e. The van der Waals surface area contributed by atoms with Gasteiger partial charge in [-0.25, -0.2) is 0 Å². The number of H-pyrrole nitrogens is 1. The first-order valence-electron chi connectivity index (χ1n) is 10.2. The number of benzene rings is 2. The maximum atomic E-state index is 12.9. The van der Waals surface area contributed by atoms with Crippen LogP contribution in [-0.4, -0.2) is 23.8 Å². The molecule has 6 nitrogen and oxygen atoms in total. The average molecular weight is 416 g/mol. The second kappa shape index (κ2) is 8.22. The molecule has 0 unspecified atom stereocenters. The van der Waals surface area contributed by atoms with Crippen molar-refractivity contribution in [2.75, 3.05) is 12.4 Å². The lowest BCUT2D eigenvalue weighted by Gasteiger charge is -2.24. The third-order valence-corrected chi connectivity index (χ3v) is 5.78. The maximum absolute atomic E-state index is 12.9. The number of methoxy groups -OCH3 is 1. The molecule has 1 heterocycles. The molecule has 0 fully saturated rings. The van der Waals surface area contributed by atoms with E-state index in [1.54, 1.807) is 7.11 Å². The zero-order valence-electron chi connectivity index (χ0n) is 17.7. The SMILES string of the molecule is COc1ccc([C@H]2CC(=O)c3cc(C(=O)Nc4cc(C)ccc4C)c(=O)[nH]c3C2)cc1. The van der Waals surface area contributed by atoms with Gasteiger partial charge in [-0.2, -0.15) is 0 Å². The quantitative estimate of drug-likeness (QED) is 0.668. The number of fused-ring (bicyclic) bond motifs is 1. The number of rotatable bonds is 4. The van der Waals surface area contributed by atoms with Crippen LogP contribution in [-0.2, 0) is 6.42 Å². The highest BCUT2D eigenvalue weighted by molar-refractivity contribution is 6.07. The summed E-state index contributed by atoms with van der Waals surface area (Å²) in [7, 11) is 1.61. The van der Waals surface area contributed by atoms with Crippen molar-refractivity contribution in [1.29, 1.82) is 0 Å². The number of ketones is 1. The Hall–Kier alpha value is -3.67. The Bertz CT molecular complexity index is 1230. The highest BCUT2D eigenvalue weighted by atomic mass is 16.5. The van der Waals surface area contributed by atoms with Crippen molar-refractivity contribution in [1.82, 2.24) is 4.98 Å². The van der Waals surface area contributed by atoms with Crippen molar-refractivity contribution in [3.8, 4) is 5.75 Å². The van der Waals surface area contributed by atoms with Crippen molar-refractivity contribution in [3.05, 3.63) is 92.4 Å². The topological polar surface area (TPSA) is 88.3 Å². The van der Waals surface area contributed by atoms with Gasteiger partial charge in [0, 0.05) is 23.4 Å². The number of pyridine rings is 1. The summed E-state index contributed by atoms with van der Waals surface area (Å²) in [6.07, 6.45) is 0.852. The Kier molecular flexibility index (Phi) is 5.46. The standard InChI is InChI=1S/C25H24N2O4/c1-14-4-5-15(2)21(10-14)26-24(29)20-13-19-22(27-25(20)30)11-17(12-23(19)28)16-6-8-18(31-3)9-7-16/h4-10,13,17H,11-12H2,1-3H3,(H,26,29)(H,27,30)/t17-/m1/s1. The predicted molar refractivity (Wildman–Crippen MR) is 119 cm³/mol. The Labute approximate surface area is 180 Å². The molecule has 1 aliphatic rings. The zero-order chi connectivity index (χ0) is 22.1. The molecule has 1 atom stereocenters. The molecule has 0 aliphatic heterocycles. The first-order chi connectivity index (χ1) is 14.9. The summed E-state index contributed by atoms with van der Waals surface area (Å²) in [5.74, 6) is 0.109. The summed E-state index contributed by atoms with van der Waals surface area (Å²) >= 11 is 0. The number of hydrogen-bond donors (Lipinski definition) is 2. The predicted octanol–water partition coefficient (Wildman–Crippen LogP) is 4.17. The molecule has 1 aromatic heterocycles. The first-order valence-corrected chi connectivity index (χ1v) is 10.2. The molecule has 0 bridgehead atoms. The summed E-state index contributed by atoms with van der Waals surface area (Å²) < 4.78 is 5.19. The van der Waals surface area contributed by atoms with Crippen LogP contribution in [0.1, 0.15) is 55.4 Å². The molecule has 2 N–H and O–H groups in total. The van der Waals surface area contributed by atoms with Gasteiger partial charge in [-0.05, 0) is 67.1 Å². The van der Waals surface area contributed by atoms with Gasteiger partial charge in [-0.15, -0.1) is 0 Å². The Balaban J connectivity index is 1.61. The van der Waals surface area contributed by atoms with Crippen molar-refractivity contribution in [2.45, 2.75) is 32.6 Å². The number of nitrogens with one attached hydrogen (secondary N) is 2. The lowest BCUT2D eigenvalue weighted by atomic mass is 9.81. The second-order valence-corrected chi connectivity index (χ2v) is 7.98. The molecule has 0 saturated carbocycles. The molecular weight excluding hydrogens is 392 g/mol. The minimum absolute atomic E-state index is 0.0313. The number of hydrogen-bond acceptors (Lipinski definition) is 4. The first kappa shape index (κ1) is 20.6. The molecule has 2 aromatic carbocycles. The van der Waals surface area contributed by atoms with Gasteiger partial charge in [0.25, 0.3) is 11.5 Å². The number of ether oxygens (including phenoxy) is 1. The number of carbonyl (C=O) groups excluding carboxylic acids is 2. The van der Waals surface area contributed by atoms with E-state index in [4.69, 9.17) is 4.74 Å². The number of aromatic amines is 1. The van der Waals surface area contributed by atoms with Gasteiger partial charge in [0.15, 0.2) is 5.78 Å². The molecule has 1 amide bonds. The molecule has 158 valence electrons. The van der Waals surface area contributed by atoms with Crippen molar-refractivity contribution < 1.29 is 14.3 Å². The van der Waals surface area contributed by atoms with Crippen molar-refractivity contribution >= 4 is 17.4 Å². The van der Waals surface area contributed by atoms with Crippen LogP contribution in [0, 0.1) is 13.8 Å². The van der Waals surface area contributed by atoms with Crippen LogP contribution in [0.5, 0.6) is 5.75 Å². The highest BCUT2D eigenvalue weighted by Gasteiger charge is 2.29. The maximum Gasteiger partial charge on any atom is 0.261 e. The minimum Gasteiger partial charge on any atom is -0.497 e. The highest BCUT2D eigenvalue weighted by Crippen LogP contribution is 2.32. The summed E-state index contributed by atoms with van der Waals surface area (Å²) in [5.41, 5.74) is 3.98. The van der Waals surface area contributed by atoms with E-state index >= 15 is 0 Å². The van der Waals surface area contributed by atoms with Crippen LogP contribution >= 0.6 is 0 Å². The van der Waals surface area contributed by atoms with Gasteiger partial charge in [0.05, 0.1) is 7.11 Å². The normalized spacial score (nSPS) is 15.3. The molecule has 0 radical (unpaired) electrons. The summed E-state index contributed by atoms with van der Waals surface area (Å²) in [5, 5.41) is 2.79. The van der Waals surface area contributed by atoms with E-state index in [1.807, 2.05) is 56.3 Å². The van der Waals surface area contributed by atoms with Gasteiger partial charge in [0.1, 0.15) is 11.3 Å².